The summed E-state index contributed by atoms with van der Waals surface area (Å²) in [6.07, 6.45) is 7.81. The van der Waals surface area contributed by atoms with E-state index in [-0.39, 0.29) is 17.9 Å². The van der Waals surface area contributed by atoms with Gasteiger partial charge >= 0.3 is 0 Å². The second-order valence-electron chi connectivity index (χ2n) is 6.83. The second kappa shape index (κ2) is 7.15. The third-order valence-corrected chi connectivity index (χ3v) is 4.35. The normalized spacial score (nSPS) is 21.3. The molecule has 0 spiro atoms. The summed E-state index contributed by atoms with van der Waals surface area (Å²) in [5.74, 6) is 2.22. The van der Waals surface area contributed by atoms with Crippen molar-refractivity contribution < 1.29 is 9.53 Å². The number of anilines is 1. The molecule has 1 atom stereocenters. The number of aromatic nitrogens is 2. The lowest BCUT2D eigenvalue weighted by Gasteiger charge is -2.33. The zero-order valence-electron chi connectivity index (χ0n) is 14.0. The van der Waals surface area contributed by atoms with Gasteiger partial charge in [-0.2, -0.15) is 0 Å². The second-order valence-corrected chi connectivity index (χ2v) is 6.83. The quantitative estimate of drug-likeness (QED) is 0.869. The lowest BCUT2D eigenvalue weighted by Crippen LogP contribution is -2.44. The molecular weight excluding hydrogens is 292 g/mol. The molecule has 1 unspecified atom stereocenters. The number of carbonyl (C=O) groups excluding carboxylic acids is 1. The van der Waals surface area contributed by atoms with Gasteiger partial charge in [-0.15, -0.1) is 0 Å². The van der Waals surface area contributed by atoms with E-state index in [1.165, 1.54) is 12.8 Å². The molecule has 1 aromatic rings. The number of amides is 1. The number of nitrogens with zero attached hydrogens (tertiary/aromatic N) is 3. The summed E-state index contributed by atoms with van der Waals surface area (Å²) in [5, 5.41) is 3.10. The van der Waals surface area contributed by atoms with Gasteiger partial charge in [0.15, 0.2) is 5.82 Å². The van der Waals surface area contributed by atoms with Gasteiger partial charge in [-0.1, -0.05) is 0 Å². The molecule has 2 heterocycles. The molecule has 1 N–H and O–H groups in total. The van der Waals surface area contributed by atoms with Crippen LogP contribution >= 0.6 is 0 Å². The van der Waals surface area contributed by atoms with Crippen molar-refractivity contribution in [3.63, 3.8) is 0 Å². The van der Waals surface area contributed by atoms with Crippen LogP contribution in [0.2, 0.25) is 0 Å². The Hall–Kier alpha value is -1.85. The van der Waals surface area contributed by atoms with E-state index in [2.05, 4.69) is 20.2 Å². The Morgan fingerprint density at radius 1 is 1.35 bits per heavy atom. The fourth-order valence-corrected chi connectivity index (χ4v) is 2.94. The fraction of sp³-hybridized carbons (Fsp3) is 0.706. The van der Waals surface area contributed by atoms with Gasteiger partial charge in [0.1, 0.15) is 0 Å². The molecule has 0 aromatic carbocycles. The van der Waals surface area contributed by atoms with Crippen LogP contribution in [-0.2, 0) is 4.79 Å². The van der Waals surface area contributed by atoms with Gasteiger partial charge in [-0.05, 0) is 45.4 Å². The number of hydrogen-bond donors (Lipinski definition) is 1. The predicted octanol–water partition coefficient (Wildman–Crippen LogP) is 2.01. The number of rotatable bonds is 6. The molecule has 1 amide bonds. The molecule has 1 saturated carbocycles. The lowest BCUT2D eigenvalue weighted by molar-refractivity contribution is -0.125. The minimum absolute atomic E-state index is 0.0245. The summed E-state index contributed by atoms with van der Waals surface area (Å²) in [6, 6.07) is 0. The number of carbonyl (C=O) groups is 1. The molecule has 1 aliphatic carbocycles. The van der Waals surface area contributed by atoms with Crippen molar-refractivity contribution in [3.05, 3.63) is 12.4 Å². The monoisotopic (exact) mass is 318 g/mol. The molecule has 23 heavy (non-hydrogen) atoms. The van der Waals surface area contributed by atoms with E-state index >= 15 is 0 Å². The highest BCUT2D eigenvalue weighted by Gasteiger charge is 2.30. The van der Waals surface area contributed by atoms with Crippen molar-refractivity contribution in [2.45, 2.75) is 45.6 Å². The Morgan fingerprint density at radius 2 is 2.13 bits per heavy atom. The van der Waals surface area contributed by atoms with Crippen LogP contribution in [0.25, 0.3) is 0 Å². The minimum Gasteiger partial charge on any atom is -0.472 e. The Balaban J connectivity index is 1.64. The third-order valence-electron chi connectivity index (χ3n) is 4.35. The first kappa shape index (κ1) is 16.0. The van der Waals surface area contributed by atoms with Crippen molar-refractivity contribution >= 4 is 11.7 Å². The zero-order valence-corrected chi connectivity index (χ0v) is 14.0. The van der Waals surface area contributed by atoms with E-state index in [1.807, 2.05) is 13.8 Å². The number of piperidine rings is 1. The summed E-state index contributed by atoms with van der Waals surface area (Å²) < 4.78 is 5.77. The molecule has 0 bridgehead atoms. The third kappa shape index (κ3) is 4.33. The van der Waals surface area contributed by atoms with Gasteiger partial charge in [0.05, 0.1) is 12.0 Å². The van der Waals surface area contributed by atoms with E-state index in [0.29, 0.717) is 18.3 Å². The Kier molecular flexibility index (Phi) is 4.98. The SMILES string of the molecule is CC(C)Oc1nccnc1N1CCCC(C(=O)NCC2CC2)C1. The molecule has 6 heteroatoms. The molecule has 1 saturated heterocycles. The van der Waals surface area contributed by atoms with Crippen molar-refractivity contribution in [1.82, 2.24) is 15.3 Å². The van der Waals surface area contributed by atoms with E-state index in [9.17, 15) is 4.79 Å². The van der Waals surface area contributed by atoms with Crippen molar-refractivity contribution in [3.8, 4) is 5.88 Å². The first-order chi connectivity index (χ1) is 11.1. The zero-order chi connectivity index (χ0) is 16.2. The van der Waals surface area contributed by atoms with E-state index < -0.39 is 0 Å². The largest absolute Gasteiger partial charge is 0.472 e. The van der Waals surface area contributed by atoms with Gasteiger partial charge in [-0.3, -0.25) is 4.79 Å². The average Bonchev–Trinajstić information content (AvgIpc) is 3.37. The smallest absolute Gasteiger partial charge is 0.257 e. The molecule has 1 aromatic heterocycles. The summed E-state index contributed by atoms with van der Waals surface area (Å²) in [5.41, 5.74) is 0. The number of hydrogen-bond acceptors (Lipinski definition) is 5. The van der Waals surface area contributed by atoms with E-state index in [4.69, 9.17) is 4.74 Å². The lowest BCUT2D eigenvalue weighted by atomic mass is 9.97. The van der Waals surface area contributed by atoms with Crippen molar-refractivity contribution in [2.75, 3.05) is 24.5 Å². The summed E-state index contributed by atoms with van der Waals surface area (Å²) in [4.78, 5) is 23.2. The van der Waals surface area contributed by atoms with Crippen LogP contribution in [0.5, 0.6) is 5.88 Å². The van der Waals surface area contributed by atoms with Crippen molar-refractivity contribution in [1.29, 1.82) is 0 Å². The highest BCUT2D eigenvalue weighted by atomic mass is 16.5. The highest BCUT2D eigenvalue weighted by molar-refractivity contribution is 5.79. The fourth-order valence-electron chi connectivity index (χ4n) is 2.94. The number of ether oxygens (including phenoxy) is 1. The molecule has 1 aliphatic heterocycles. The average molecular weight is 318 g/mol. The first-order valence-corrected chi connectivity index (χ1v) is 8.64. The van der Waals surface area contributed by atoms with E-state index in [0.717, 1.165) is 31.7 Å². The van der Waals surface area contributed by atoms with Crippen LogP contribution in [0.3, 0.4) is 0 Å². The van der Waals surface area contributed by atoms with Crippen LogP contribution in [0, 0.1) is 11.8 Å². The van der Waals surface area contributed by atoms with Gasteiger partial charge in [0.2, 0.25) is 5.91 Å². The minimum atomic E-state index is 0.0245. The van der Waals surface area contributed by atoms with Gasteiger partial charge in [-0.25, -0.2) is 9.97 Å². The maximum atomic E-state index is 12.4. The predicted molar refractivity (Wildman–Crippen MR) is 88.5 cm³/mol. The Morgan fingerprint density at radius 3 is 2.87 bits per heavy atom. The molecule has 126 valence electrons. The van der Waals surface area contributed by atoms with Crippen LogP contribution < -0.4 is 15.0 Å². The van der Waals surface area contributed by atoms with Crippen LogP contribution in [0.1, 0.15) is 39.5 Å². The molecule has 2 aliphatic rings. The van der Waals surface area contributed by atoms with Crippen LogP contribution in [0.15, 0.2) is 12.4 Å². The summed E-state index contributed by atoms with van der Waals surface area (Å²) >= 11 is 0. The molecule has 6 nitrogen and oxygen atoms in total. The van der Waals surface area contributed by atoms with Crippen LogP contribution in [-0.4, -0.2) is 41.6 Å². The maximum absolute atomic E-state index is 12.4. The van der Waals surface area contributed by atoms with Gasteiger partial charge < -0.3 is 15.0 Å². The Labute approximate surface area is 137 Å². The maximum Gasteiger partial charge on any atom is 0.257 e. The summed E-state index contributed by atoms with van der Waals surface area (Å²) in [7, 11) is 0. The van der Waals surface area contributed by atoms with Crippen molar-refractivity contribution in [2.24, 2.45) is 11.8 Å². The van der Waals surface area contributed by atoms with E-state index in [1.54, 1.807) is 12.4 Å². The van der Waals surface area contributed by atoms with Gasteiger partial charge in [0, 0.05) is 32.0 Å². The molecule has 3 rings (SSSR count). The van der Waals surface area contributed by atoms with Crippen LogP contribution in [0.4, 0.5) is 5.82 Å². The molecule has 2 fully saturated rings. The van der Waals surface area contributed by atoms with Gasteiger partial charge in [0.25, 0.3) is 5.88 Å². The standard InChI is InChI=1S/C17H26N4O2/c1-12(2)23-17-15(18-7-8-19-17)21-9-3-4-14(11-21)16(22)20-10-13-5-6-13/h7-8,12-14H,3-6,9-11H2,1-2H3,(H,20,22). The molecule has 0 radical (unpaired) electrons. The Bertz CT molecular complexity index is 545. The topological polar surface area (TPSA) is 67.4 Å². The summed E-state index contributed by atoms with van der Waals surface area (Å²) in [6.45, 7) is 6.36. The first-order valence-electron chi connectivity index (χ1n) is 8.64. The molecular formula is C17H26N4O2. The highest BCUT2D eigenvalue weighted by Crippen LogP contribution is 2.29. The number of nitrogens with one attached hydrogen (secondary N) is 1.